The summed E-state index contributed by atoms with van der Waals surface area (Å²) in [6.07, 6.45) is 4.42. The zero-order chi connectivity index (χ0) is 15.6. The van der Waals surface area contributed by atoms with Gasteiger partial charge in [-0.15, -0.1) is 11.8 Å². The molecule has 0 N–H and O–H groups in total. The number of thioether (sulfide) groups is 1. The van der Waals surface area contributed by atoms with E-state index in [0.717, 1.165) is 44.2 Å². The molecular formula is C18H27NO2S. The van der Waals surface area contributed by atoms with Crippen molar-refractivity contribution in [2.45, 2.75) is 37.5 Å². The van der Waals surface area contributed by atoms with Crippen LogP contribution in [0, 0.1) is 0 Å². The highest BCUT2D eigenvalue weighted by Crippen LogP contribution is 2.20. The van der Waals surface area contributed by atoms with Crippen molar-refractivity contribution in [3.63, 3.8) is 0 Å². The number of hydrogen-bond acceptors (Lipinski definition) is 4. The van der Waals surface area contributed by atoms with E-state index in [2.05, 4.69) is 24.0 Å². The smallest absolute Gasteiger partial charge is 0.164 e. The summed E-state index contributed by atoms with van der Waals surface area (Å²) in [4.78, 5) is 15.8. The number of unbranched alkanes of at least 4 members (excludes halogenated alkanes) is 2. The maximum atomic E-state index is 12.2. The Kier molecular flexibility index (Phi) is 7.99. The average Bonchev–Trinajstić information content (AvgIpc) is 2.58. The molecule has 0 radical (unpaired) electrons. The van der Waals surface area contributed by atoms with Gasteiger partial charge in [0.25, 0.3) is 0 Å². The van der Waals surface area contributed by atoms with Gasteiger partial charge < -0.3 is 4.74 Å². The van der Waals surface area contributed by atoms with Gasteiger partial charge in [-0.1, -0.05) is 31.9 Å². The summed E-state index contributed by atoms with van der Waals surface area (Å²) in [7, 11) is 0. The van der Waals surface area contributed by atoms with Crippen molar-refractivity contribution in [1.82, 2.24) is 4.90 Å². The zero-order valence-corrected chi connectivity index (χ0v) is 14.4. The molecule has 0 bridgehead atoms. The minimum absolute atomic E-state index is 0.244. The van der Waals surface area contributed by atoms with E-state index in [1.165, 1.54) is 24.2 Å². The standard InChI is InChI=1S/C18H27NO2S/c1-2-3-4-15-22-17-7-5-16(6-8-17)18(20)9-10-19-11-13-21-14-12-19/h5-8H,2-4,9-15H2,1H3. The second kappa shape index (κ2) is 10.0. The Morgan fingerprint density at radius 2 is 1.91 bits per heavy atom. The van der Waals surface area contributed by atoms with E-state index in [-0.39, 0.29) is 5.78 Å². The number of ketones is 1. The molecule has 1 aromatic rings. The van der Waals surface area contributed by atoms with Gasteiger partial charge in [0.2, 0.25) is 0 Å². The van der Waals surface area contributed by atoms with Gasteiger partial charge in [-0.3, -0.25) is 9.69 Å². The first kappa shape index (κ1) is 17.5. The van der Waals surface area contributed by atoms with Crippen molar-refractivity contribution in [1.29, 1.82) is 0 Å². The van der Waals surface area contributed by atoms with Crippen molar-refractivity contribution in [2.24, 2.45) is 0 Å². The summed E-state index contributed by atoms with van der Waals surface area (Å²) in [5.74, 6) is 1.41. The van der Waals surface area contributed by atoms with E-state index in [1.807, 2.05) is 23.9 Å². The van der Waals surface area contributed by atoms with Gasteiger partial charge in [0, 0.05) is 36.5 Å². The summed E-state index contributed by atoms with van der Waals surface area (Å²) >= 11 is 1.88. The molecule has 1 heterocycles. The van der Waals surface area contributed by atoms with Gasteiger partial charge in [-0.05, 0) is 24.3 Å². The molecular weight excluding hydrogens is 294 g/mol. The molecule has 4 heteroatoms. The van der Waals surface area contributed by atoms with E-state index >= 15 is 0 Å². The topological polar surface area (TPSA) is 29.5 Å². The first-order chi connectivity index (χ1) is 10.8. The quantitative estimate of drug-likeness (QED) is 0.392. The number of benzene rings is 1. The van der Waals surface area contributed by atoms with Gasteiger partial charge in [0.15, 0.2) is 5.78 Å². The monoisotopic (exact) mass is 321 g/mol. The van der Waals surface area contributed by atoms with E-state index in [9.17, 15) is 4.79 Å². The Morgan fingerprint density at radius 1 is 1.18 bits per heavy atom. The Balaban J connectivity index is 1.73. The third-order valence-electron chi connectivity index (χ3n) is 3.95. The minimum Gasteiger partial charge on any atom is -0.379 e. The van der Waals surface area contributed by atoms with E-state index in [0.29, 0.717) is 6.42 Å². The molecule has 2 rings (SSSR count). The van der Waals surface area contributed by atoms with Crippen molar-refractivity contribution in [3.05, 3.63) is 29.8 Å². The van der Waals surface area contributed by atoms with Crippen molar-refractivity contribution in [2.75, 3.05) is 38.6 Å². The molecule has 0 aromatic heterocycles. The Morgan fingerprint density at radius 3 is 2.59 bits per heavy atom. The summed E-state index contributed by atoms with van der Waals surface area (Å²) in [5.41, 5.74) is 0.839. The first-order valence-electron chi connectivity index (χ1n) is 8.35. The number of carbonyl (C=O) groups is 1. The lowest BCUT2D eigenvalue weighted by molar-refractivity contribution is 0.0370. The minimum atomic E-state index is 0.244. The van der Waals surface area contributed by atoms with Crippen LogP contribution in [0.2, 0.25) is 0 Å². The molecule has 1 aromatic carbocycles. The second-order valence-electron chi connectivity index (χ2n) is 5.71. The molecule has 0 unspecified atom stereocenters. The van der Waals surface area contributed by atoms with Gasteiger partial charge >= 0.3 is 0 Å². The van der Waals surface area contributed by atoms with Crippen LogP contribution in [0.25, 0.3) is 0 Å². The van der Waals surface area contributed by atoms with Gasteiger partial charge in [0.05, 0.1) is 13.2 Å². The van der Waals surface area contributed by atoms with Crippen LogP contribution in [-0.4, -0.2) is 49.3 Å². The van der Waals surface area contributed by atoms with Crippen LogP contribution >= 0.6 is 11.8 Å². The number of carbonyl (C=O) groups excluding carboxylic acids is 1. The van der Waals surface area contributed by atoms with Crippen LogP contribution in [0.5, 0.6) is 0 Å². The normalized spacial score (nSPS) is 15.9. The van der Waals surface area contributed by atoms with Crippen molar-refractivity contribution in [3.8, 4) is 0 Å². The number of rotatable bonds is 9. The van der Waals surface area contributed by atoms with Crippen molar-refractivity contribution < 1.29 is 9.53 Å². The molecule has 1 aliphatic rings. The lowest BCUT2D eigenvalue weighted by Gasteiger charge is -2.26. The Hall–Kier alpha value is -0.840. The third kappa shape index (κ3) is 6.11. The second-order valence-corrected chi connectivity index (χ2v) is 6.88. The van der Waals surface area contributed by atoms with Crippen LogP contribution in [0.1, 0.15) is 43.0 Å². The van der Waals surface area contributed by atoms with Crippen LogP contribution in [0.15, 0.2) is 29.2 Å². The number of nitrogens with zero attached hydrogens (tertiary/aromatic N) is 1. The summed E-state index contributed by atoms with van der Waals surface area (Å²) < 4.78 is 5.32. The lowest BCUT2D eigenvalue weighted by Crippen LogP contribution is -2.37. The van der Waals surface area contributed by atoms with E-state index < -0.39 is 0 Å². The van der Waals surface area contributed by atoms with Crippen LogP contribution < -0.4 is 0 Å². The molecule has 1 saturated heterocycles. The molecule has 122 valence electrons. The first-order valence-corrected chi connectivity index (χ1v) is 9.34. The van der Waals surface area contributed by atoms with E-state index in [1.54, 1.807) is 0 Å². The maximum absolute atomic E-state index is 12.2. The Bertz CT molecular complexity index is 441. The number of ether oxygens (including phenoxy) is 1. The van der Waals surface area contributed by atoms with Gasteiger partial charge in [-0.2, -0.15) is 0 Å². The summed E-state index contributed by atoms with van der Waals surface area (Å²) in [6, 6.07) is 8.12. The van der Waals surface area contributed by atoms with Crippen LogP contribution in [0.3, 0.4) is 0 Å². The summed E-state index contributed by atoms with van der Waals surface area (Å²) in [6.45, 7) is 6.54. The Labute approximate surface area is 138 Å². The van der Waals surface area contributed by atoms with E-state index in [4.69, 9.17) is 4.74 Å². The maximum Gasteiger partial charge on any atom is 0.164 e. The van der Waals surface area contributed by atoms with Gasteiger partial charge in [0.1, 0.15) is 0 Å². The average molecular weight is 321 g/mol. The largest absolute Gasteiger partial charge is 0.379 e. The molecule has 0 amide bonds. The van der Waals surface area contributed by atoms with Crippen molar-refractivity contribution >= 4 is 17.5 Å². The number of Topliss-reactive ketones (excluding diaryl/α,β-unsaturated/α-hetero) is 1. The SMILES string of the molecule is CCCCCSc1ccc(C(=O)CCN2CCOCC2)cc1. The molecule has 3 nitrogen and oxygen atoms in total. The zero-order valence-electron chi connectivity index (χ0n) is 13.6. The molecule has 1 fully saturated rings. The highest BCUT2D eigenvalue weighted by Gasteiger charge is 2.13. The molecule has 0 saturated carbocycles. The number of morpholine rings is 1. The summed E-state index contributed by atoms with van der Waals surface area (Å²) in [5, 5.41) is 0. The predicted molar refractivity (Wildman–Crippen MR) is 92.9 cm³/mol. The molecule has 0 aliphatic carbocycles. The molecule has 22 heavy (non-hydrogen) atoms. The highest BCUT2D eigenvalue weighted by molar-refractivity contribution is 7.99. The predicted octanol–water partition coefficient (Wildman–Crippen LogP) is 3.87. The fourth-order valence-corrected chi connectivity index (χ4v) is 3.42. The lowest BCUT2D eigenvalue weighted by atomic mass is 10.1. The molecule has 0 spiro atoms. The van der Waals surface area contributed by atoms with Crippen LogP contribution in [0.4, 0.5) is 0 Å². The third-order valence-corrected chi connectivity index (χ3v) is 5.05. The number of hydrogen-bond donors (Lipinski definition) is 0. The highest BCUT2D eigenvalue weighted by atomic mass is 32.2. The fourth-order valence-electron chi connectivity index (χ4n) is 2.51. The van der Waals surface area contributed by atoms with Gasteiger partial charge in [-0.25, -0.2) is 0 Å². The molecule has 1 aliphatic heterocycles. The fraction of sp³-hybridized carbons (Fsp3) is 0.611. The molecule has 0 atom stereocenters. The van der Waals surface area contributed by atoms with Crippen LogP contribution in [-0.2, 0) is 4.74 Å².